The number of carbonyl (C=O) groups is 1. The highest BCUT2D eigenvalue weighted by atomic mass is 35.5. The van der Waals surface area contributed by atoms with Crippen molar-refractivity contribution in [2.45, 2.75) is 13.5 Å². The molecule has 0 saturated heterocycles. The van der Waals surface area contributed by atoms with Crippen LogP contribution in [0.5, 0.6) is 0 Å². The lowest BCUT2D eigenvalue weighted by Crippen LogP contribution is -2.40. The van der Waals surface area contributed by atoms with Crippen LogP contribution in [0.4, 0.5) is 5.69 Å². The number of aryl methyl sites for hydroxylation is 1. The number of sulfonamides is 1. The van der Waals surface area contributed by atoms with E-state index >= 15 is 0 Å². The van der Waals surface area contributed by atoms with Crippen molar-refractivity contribution in [2.75, 3.05) is 17.1 Å². The first-order chi connectivity index (χ1) is 11.7. The van der Waals surface area contributed by atoms with Crippen LogP contribution in [0.25, 0.3) is 0 Å². The van der Waals surface area contributed by atoms with Gasteiger partial charge < -0.3 is 5.32 Å². The fourth-order valence-corrected chi connectivity index (χ4v) is 3.58. The molecule has 25 heavy (non-hydrogen) atoms. The van der Waals surface area contributed by atoms with E-state index in [0.717, 1.165) is 21.7 Å². The number of hydrogen-bond acceptors (Lipinski definition) is 3. The Morgan fingerprint density at radius 1 is 1.16 bits per heavy atom. The fourth-order valence-electron chi connectivity index (χ4n) is 2.28. The standard InChI is InChI=1S/C17H18Cl2N2O3S/c1-12-5-3-6-13(9-12)10-20-16(22)11-21(25(2,23)24)15-8-4-7-14(18)17(15)19/h3-9H,10-11H2,1-2H3,(H,20,22). The van der Waals surface area contributed by atoms with E-state index < -0.39 is 15.9 Å². The van der Waals surface area contributed by atoms with E-state index in [4.69, 9.17) is 23.2 Å². The zero-order valence-electron chi connectivity index (χ0n) is 13.8. The first kappa shape index (κ1) is 19.6. The molecule has 0 radical (unpaired) electrons. The summed E-state index contributed by atoms with van der Waals surface area (Å²) in [5.41, 5.74) is 2.18. The molecule has 0 fully saturated rings. The Morgan fingerprint density at radius 2 is 1.84 bits per heavy atom. The zero-order valence-corrected chi connectivity index (χ0v) is 16.1. The van der Waals surface area contributed by atoms with Gasteiger partial charge in [0.15, 0.2) is 0 Å². The van der Waals surface area contributed by atoms with Gasteiger partial charge in [0.1, 0.15) is 6.54 Å². The Hall–Kier alpha value is -1.76. The van der Waals surface area contributed by atoms with E-state index in [0.29, 0.717) is 6.54 Å². The first-order valence-electron chi connectivity index (χ1n) is 7.42. The predicted molar refractivity (Wildman–Crippen MR) is 102 cm³/mol. The summed E-state index contributed by atoms with van der Waals surface area (Å²) in [4.78, 5) is 12.2. The van der Waals surface area contributed by atoms with Gasteiger partial charge in [-0.3, -0.25) is 9.10 Å². The van der Waals surface area contributed by atoms with Crippen molar-refractivity contribution >= 4 is 44.8 Å². The molecular weight excluding hydrogens is 383 g/mol. The lowest BCUT2D eigenvalue weighted by atomic mass is 10.1. The average molecular weight is 401 g/mol. The third-order valence-corrected chi connectivity index (χ3v) is 5.40. The smallest absolute Gasteiger partial charge is 0.241 e. The minimum atomic E-state index is -3.71. The number of nitrogens with zero attached hydrogens (tertiary/aromatic N) is 1. The Morgan fingerprint density at radius 3 is 2.48 bits per heavy atom. The van der Waals surface area contributed by atoms with Crippen LogP contribution in [0, 0.1) is 6.92 Å². The fraction of sp³-hybridized carbons (Fsp3) is 0.235. The molecule has 0 aliphatic heterocycles. The van der Waals surface area contributed by atoms with Crippen molar-refractivity contribution in [3.05, 3.63) is 63.6 Å². The molecule has 0 bridgehead atoms. The van der Waals surface area contributed by atoms with E-state index in [-0.39, 0.29) is 22.3 Å². The van der Waals surface area contributed by atoms with Gasteiger partial charge in [-0.1, -0.05) is 59.1 Å². The lowest BCUT2D eigenvalue weighted by molar-refractivity contribution is -0.119. The highest BCUT2D eigenvalue weighted by Crippen LogP contribution is 2.33. The number of anilines is 1. The van der Waals surface area contributed by atoms with Gasteiger partial charge in [0.2, 0.25) is 15.9 Å². The van der Waals surface area contributed by atoms with Gasteiger partial charge in [0.25, 0.3) is 0 Å². The van der Waals surface area contributed by atoms with Crippen molar-refractivity contribution in [1.82, 2.24) is 5.32 Å². The Labute approximate surface area is 157 Å². The van der Waals surface area contributed by atoms with E-state index in [2.05, 4.69) is 5.32 Å². The summed E-state index contributed by atoms with van der Waals surface area (Å²) in [6.07, 6.45) is 1.01. The van der Waals surface area contributed by atoms with E-state index in [1.54, 1.807) is 12.1 Å². The SMILES string of the molecule is Cc1cccc(CNC(=O)CN(c2cccc(Cl)c2Cl)S(C)(=O)=O)c1. The maximum atomic E-state index is 12.2. The molecule has 0 aliphatic rings. The third kappa shape index (κ3) is 5.36. The summed E-state index contributed by atoms with van der Waals surface area (Å²) in [7, 11) is -3.71. The Balaban J connectivity index is 2.15. The molecule has 2 rings (SSSR count). The topological polar surface area (TPSA) is 66.5 Å². The maximum Gasteiger partial charge on any atom is 0.241 e. The van der Waals surface area contributed by atoms with Crippen molar-refractivity contribution in [2.24, 2.45) is 0 Å². The molecule has 5 nitrogen and oxygen atoms in total. The second-order valence-corrected chi connectivity index (χ2v) is 8.30. The summed E-state index contributed by atoms with van der Waals surface area (Å²) in [5.74, 6) is -0.442. The summed E-state index contributed by atoms with van der Waals surface area (Å²) in [6, 6.07) is 12.3. The van der Waals surface area contributed by atoms with Gasteiger partial charge >= 0.3 is 0 Å². The number of rotatable bonds is 6. The van der Waals surface area contributed by atoms with Crippen molar-refractivity contribution < 1.29 is 13.2 Å². The minimum absolute atomic E-state index is 0.0843. The first-order valence-corrected chi connectivity index (χ1v) is 10.0. The van der Waals surface area contributed by atoms with Gasteiger partial charge in [-0.25, -0.2) is 8.42 Å². The summed E-state index contributed by atoms with van der Waals surface area (Å²) >= 11 is 12.0. The minimum Gasteiger partial charge on any atom is -0.350 e. The number of halogens is 2. The quantitative estimate of drug-likeness (QED) is 0.807. The molecule has 0 unspecified atom stereocenters. The van der Waals surface area contributed by atoms with Crippen LogP contribution in [0.3, 0.4) is 0 Å². The van der Waals surface area contributed by atoms with Crippen LogP contribution in [0.15, 0.2) is 42.5 Å². The Kier molecular flexibility index (Phi) is 6.32. The molecule has 0 heterocycles. The Bertz CT molecular complexity index is 885. The van der Waals surface area contributed by atoms with Gasteiger partial charge in [0, 0.05) is 6.54 Å². The van der Waals surface area contributed by atoms with Gasteiger partial charge in [0.05, 0.1) is 22.0 Å². The zero-order chi connectivity index (χ0) is 18.6. The van der Waals surface area contributed by atoms with Crippen LogP contribution >= 0.6 is 23.2 Å². The summed E-state index contributed by atoms with van der Waals surface area (Å²) < 4.78 is 25.1. The van der Waals surface area contributed by atoms with Gasteiger partial charge in [-0.05, 0) is 24.6 Å². The molecular formula is C17H18Cl2N2O3S. The molecule has 8 heteroatoms. The molecule has 2 aromatic carbocycles. The van der Waals surface area contributed by atoms with Crippen molar-refractivity contribution in [1.29, 1.82) is 0 Å². The highest BCUT2D eigenvalue weighted by molar-refractivity contribution is 7.92. The maximum absolute atomic E-state index is 12.2. The predicted octanol–water partition coefficient (Wildman–Crippen LogP) is 3.38. The second kappa shape index (κ2) is 8.08. The van der Waals surface area contributed by atoms with Gasteiger partial charge in [-0.2, -0.15) is 0 Å². The second-order valence-electron chi connectivity index (χ2n) is 5.61. The van der Waals surface area contributed by atoms with E-state index in [1.165, 1.54) is 6.07 Å². The van der Waals surface area contributed by atoms with Crippen molar-refractivity contribution in [3.8, 4) is 0 Å². The number of nitrogens with one attached hydrogen (secondary N) is 1. The van der Waals surface area contributed by atoms with E-state index in [9.17, 15) is 13.2 Å². The number of carbonyl (C=O) groups excluding carboxylic acids is 1. The lowest BCUT2D eigenvalue weighted by Gasteiger charge is -2.23. The largest absolute Gasteiger partial charge is 0.350 e. The van der Waals surface area contributed by atoms with Crippen LogP contribution in [0.2, 0.25) is 10.0 Å². The van der Waals surface area contributed by atoms with Crippen LogP contribution in [-0.4, -0.2) is 27.1 Å². The molecule has 0 aliphatic carbocycles. The summed E-state index contributed by atoms with van der Waals surface area (Å²) in [6.45, 7) is 1.88. The van der Waals surface area contributed by atoms with Gasteiger partial charge in [-0.15, -0.1) is 0 Å². The molecule has 0 spiro atoms. The monoisotopic (exact) mass is 400 g/mol. The highest BCUT2D eigenvalue weighted by Gasteiger charge is 2.23. The molecule has 134 valence electrons. The number of amides is 1. The molecule has 0 saturated carbocycles. The third-order valence-electron chi connectivity index (χ3n) is 3.46. The molecule has 2 aromatic rings. The number of hydrogen-bond donors (Lipinski definition) is 1. The molecule has 0 atom stereocenters. The average Bonchev–Trinajstić information content (AvgIpc) is 2.53. The molecule has 1 N–H and O–H groups in total. The molecule has 1 amide bonds. The summed E-state index contributed by atoms with van der Waals surface area (Å²) in [5, 5.41) is 3.01. The normalized spacial score (nSPS) is 11.2. The number of benzene rings is 2. The van der Waals surface area contributed by atoms with Crippen LogP contribution in [-0.2, 0) is 21.4 Å². The van der Waals surface area contributed by atoms with Crippen LogP contribution < -0.4 is 9.62 Å². The molecule has 0 aromatic heterocycles. The van der Waals surface area contributed by atoms with Crippen molar-refractivity contribution in [3.63, 3.8) is 0 Å². The van der Waals surface area contributed by atoms with E-state index in [1.807, 2.05) is 31.2 Å². The van der Waals surface area contributed by atoms with Crippen LogP contribution in [0.1, 0.15) is 11.1 Å².